The number of carbonyl (C=O) groups is 1. The Bertz CT molecular complexity index is 316. The van der Waals surface area contributed by atoms with Gasteiger partial charge in [-0.2, -0.15) is 0 Å². The van der Waals surface area contributed by atoms with Crippen LogP contribution in [0.25, 0.3) is 0 Å². The number of hydrogen-bond acceptors (Lipinski definition) is 2. The van der Waals surface area contributed by atoms with Crippen LogP contribution >= 0.6 is 35.0 Å². The third-order valence-corrected chi connectivity index (χ3v) is 2.53. The first kappa shape index (κ1) is 14.7. The van der Waals surface area contributed by atoms with Gasteiger partial charge in [-0.1, -0.05) is 6.92 Å². The van der Waals surface area contributed by atoms with Crippen molar-refractivity contribution in [2.45, 2.75) is 6.92 Å². The molecule has 4 N–H and O–H groups in total. The summed E-state index contributed by atoms with van der Waals surface area (Å²) in [5.41, 5.74) is 6.04. The third kappa shape index (κ3) is 4.85. The SMILES string of the molecule is CC(CN)CNC(=O)c1cc(I)c[nH]1.Cl. The minimum atomic E-state index is -0.0757. The van der Waals surface area contributed by atoms with Crippen LogP contribution in [0.1, 0.15) is 17.4 Å². The smallest absolute Gasteiger partial charge is 0.267 e. The van der Waals surface area contributed by atoms with Crippen molar-refractivity contribution < 1.29 is 4.79 Å². The van der Waals surface area contributed by atoms with E-state index in [9.17, 15) is 4.79 Å². The highest BCUT2D eigenvalue weighted by molar-refractivity contribution is 14.1. The van der Waals surface area contributed by atoms with Crippen LogP contribution in [0.3, 0.4) is 0 Å². The molecule has 0 bridgehead atoms. The first-order chi connectivity index (χ1) is 6.63. The Labute approximate surface area is 109 Å². The van der Waals surface area contributed by atoms with Gasteiger partial charge in [-0.25, -0.2) is 0 Å². The van der Waals surface area contributed by atoms with Crippen molar-refractivity contribution in [1.29, 1.82) is 0 Å². The molecule has 0 radical (unpaired) electrons. The van der Waals surface area contributed by atoms with E-state index < -0.39 is 0 Å². The minimum absolute atomic E-state index is 0. The molecule has 0 fully saturated rings. The van der Waals surface area contributed by atoms with Crippen molar-refractivity contribution >= 4 is 40.9 Å². The number of nitrogens with two attached hydrogens (primary N) is 1. The predicted molar refractivity (Wildman–Crippen MR) is 71.3 cm³/mol. The van der Waals surface area contributed by atoms with Crippen molar-refractivity contribution in [1.82, 2.24) is 10.3 Å². The van der Waals surface area contributed by atoms with Crippen LogP contribution in [-0.2, 0) is 0 Å². The highest BCUT2D eigenvalue weighted by atomic mass is 127. The molecule has 0 saturated carbocycles. The molecule has 1 heterocycles. The topological polar surface area (TPSA) is 70.9 Å². The first-order valence-corrected chi connectivity index (χ1v) is 5.53. The highest BCUT2D eigenvalue weighted by Gasteiger charge is 2.08. The van der Waals surface area contributed by atoms with Crippen LogP contribution < -0.4 is 11.1 Å². The van der Waals surface area contributed by atoms with Gasteiger partial charge < -0.3 is 16.0 Å². The predicted octanol–water partition coefficient (Wildman–Crippen LogP) is 1.37. The van der Waals surface area contributed by atoms with Gasteiger partial charge in [0.25, 0.3) is 5.91 Å². The first-order valence-electron chi connectivity index (χ1n) is 4.45. The number of halogens is 2. The minimum Gasteiger partial charge on any atom is -0.356 e. The van der Waals surface area contributed by atoms with Crippen molar-refractivity contribution in [3.05, 3.63) is 21.5 Å². The van der Waals surface area contributed by atoms with Crippen molar-refractivity contribution in [2.75, 3.05) is 13.1 Å². The second-order valence-corrected chi connectivity index (χ2v) is 4.53. The van der Waals surface area contributed by atoms with E-state index in [1.54, 1.807) is 6.20 Å². The maximum absolute atomic E-state index is 11.5. The van der Waals surface area contributed by atoms with Gasteiger partial charge in [-0.05, 0) is 41.1 Å². The molecule has 1 rings (SSSR count). The molecule has 1 unspecified atom stereocenters. The number of nitrogens with one attached hydrogen (secondary N) is 2. The summed E-state index contributed by atoms with van der Waals surface area (Å²) in [5.74, 6) is 0.237. The van der Waals surface area contributed by atoms with Gasteiger partial charge in [0.05, 0.1) is 0 Å². The van der Waals surface area contributed by atoms with Gasteiger partial charge in [0.2, 0.25) is 0 Å². The Kier molecular flexibility index (Phi) is 6.95. The summed E-state index contributed by atoms with van der Waals surface area (Å²) in [5, 5.41) is 2.81. The summed E-state index contributed by atoms with van der Waals surface area (Å²) in [6, 6.07) is 1.81. The van der Waals surface area contributed by atoms with Crippen molar-refractivity contribution in [2.24, 2.45) is 11.7 Å². The largest absolute Gasteiger partial charge is 0.356 e. The van der Waals surface area contributed by atoms with Gasteiger partial charge in [-0.15, -0.1) is 12.4 Å². The van der Waals surface area contributed by atoms with Gasteiger partial charge in [-0.3, -0.25) is 4.79 Å². The number of H-pyrrole nitrogens is 1. The molecule has 0 aliphatic carbocycles. The van der Waals surface area contributed by atoms with Gasteiger partial charge in [0.1, 0.15) is 5.69 Å². The van der Waals surface area contributed by atoms with E-state index in [4.69, 9.17) is 5.73 Å². The number of amides is 1. The highest BCUT2D eigenvalue weighted by Crippen LogP contribution is 2.05. The molecule has 0 spiro atoms. The van der Waals surface area contributed by atoms with Crippen LogP contribution in [0.4, 0.5) is 0 Å². The molecular formula is C9H15ClIN3O. The number of aromatic nitrogens is 1. The van der Waals surface area contributed by atoms with E-state index in [1.165, 1.54) is 0 Å². The molecular weight excluding hydrogens is 328 g/mol. The zero-order valence-corrected chi connectivity index (χ0v) is 11.4. The van der Waals surface area contributed by atoms with Crippen molar-refractivity contribution in [3.8, 4) is 0 Å². The molecule has 1 aromatic rings. The summed E-state index contributed by atoms with van der Waals surface area (Å²) in [4.78, 5) is 14.4. The molecule has 0 saturated heterocycles. The Hall–Kier alpha value is -0.270. The van der Waals surface area contributed by atoms with E-state index in [0.717, 1.165) is 3.57 Å². The molecule has 15 heavy (non-hydrogen) atoms. The van der Waals surface area contributed by atoms with E-state index in [1.807, 2.05) is 13.0 Å². The normalized spacial score (nSPS) is 11.7. The molecule has 1 aromatic heterocycles. The quantitative estimate of drug-likeness (QED) is 0.723. The maximum atomic E-state index is 11.5. The average molecular weight is 344 g/mol. The zero-order valence-electron chi connectivity index (χ0n) is 8.42. The van der Waals surface area contributed by atoms with Crippen LogP contribution in [-0.4, -0.2) is 24.0 Å². The summed E-state index contributed by atoms with van der Waals surface area (Å²) in [6.45, 7) is 3.20. The molecule has 1 amide bonds. The summed E-state index contributed by atoms with van der Waals surface area (Å²) >= 11 is 2.15. The van der Waals surface area contributed by atoms with Gasteiger partial charge in [0.15, 0.2) is 0 Å². The molecule has 6 heteroatoms. The Morgan fingerprint density at radius 1 is 1.73 bits per heavy atom. The van der Waals surface area contributed by atoms with E-state index in [0.29, 0.717) is 24.7 Å². The second kappa shape index (κ2) is 7.08. The van der Waals surface area contributed by atoms with Gasteiger partial charge >= 0.3 is 0 Å². The van der Waals surface area contributed by atoms with E-state index in [2.05, 4.69) is 32.9 Å². The second-order valence-electron chi connectivity index (χ2n) is 3.28. The molecule has 1 atom stereocenters. The van der Waals surface area contributed by atoms with E-state index >= 15 is 0 Å². The number of hydrogen-bond donors (Lipinski definition) is 3. The molecule has 0 aliphatic rings. The monoisotopic (exact) mass is 343 g/mol. The Morgan fingerprint density at radius 3 is 2.87 bits per heavy atom. The lowest BCUT2D eigenvalue weighted by atomic mass is 10.2. The third-order valence-electron chi connectivity index (χ3n) is 1.91. The van der Waals surface area contributed by atoms with Gasteiger partial charge in [0, 0.05) is 16.3 Å². The summed E-state index contributed by atoms with van der Waals surface area (Å²) in [6.07, 6.45) is 1.79. The van der Waals surface area contributed by atoms with Crippen LogP contribution in [0.5, 0.6) is 0 Å². The van der Waals surface area contributed by atoms with Crippen LogP contribution in [0.15, 0.2) is 12.3 Å². The maximum Gasteiger partial charge on any atom is 0.267 e. The van der Waals surface area contributed by atoms with Crippen LogP contribution in [0.2, 0.25) is 0 Å². The van der Waals surface area contributed by atoms with E-state index in [-0.39, 0.29) is 18.3 Å². The number of aromatic amines is 1. The average Bonchev–Trinajstić information content (AvgIpc) is 2.60. The summed E-state index contributed by atoms with van der Waals surface area (Å²) < 4.78 is 1.03. The molecule has 0 aliphatic heterocycles. The molecule has 86 valence electrons. The lowest BCUT2D eigenvalue weighted by molar-refractivity contribution is 0.0944. The standard InChI is InChI=1S/C9H14IN3O.ClH/c1-6(3-11)4-13-9(14)8-2-7(10)5-12-8;/h2,5-6,12H,3-4,11H2,1H3,(H,13,14);1H. The van der Waals surface area contributed by atoms with Crippen LogP contribution in [0, 0.1) is 9.49 Å². The molecule has 0 aromatic carbocycles. The fourth-order valence-corrected chi connectivity index (χ4v) is 1.41. The zero-order chi connectivity index (χ0) is 10.6. The fraction of sp³-hybridized carbons (Fsp3) is 0.444. The molecule has 4 nitrogen and oxygen atoms in total. The lowest BCUT2D eigenvalue weighted by Gasteiger charge is -2.08. The fourth-order valence-electron chi connectivity index (χ4n) is 0.944. The number of carbonyl (C=O) groups excluding carboxylic acids is 1. The number of rotatable bonds is 4. The Morgan fingerprint density at radius 2 is 2.40 bits per heavy atom. The van der Waals surface area contributed by atoms with Crippen molar-refractivity contribution in [3.63, 3.8) is 0 Å². The Balaban J connectivity index is 0.00000196. The summed E-state index contributed by atoms with van der Waals surface area (Å²) in [7, 11) is 0. The lowest BCUT2D eigenvalue weighted by Crippen LogP contribution is -2.31.